The summed E-state index contributed by atoms with van der Waals surface area (Å²) < 4.78 is 0. The minimum absolute atomic E-state index is 0.356. The van der Waals surface area contributed by atoms with Crippen LogP contribution < -0.4 is 5.32 Å². The van der Waals surface area contributed by atoms with Gasteiger partial charge in [-0.2, -0.15) is 5.26 Å². The Hall–Kier alpha value is -0.630. The van der Waals surface area contributed by atoms with E-state index in [0.717, 1.165) is 25.3 Å². The van der Waals surface area contributed by atoms with E-state index in [1.807, 2.05) is 6.92 Å². The molecule has 0 amide bonds. The average molecular weight is 294 g/mol. The maximum absolute atomic E-state index is 9.36. The van der Waals surface area contributed by atoms with Crippen molar-refractivity contribution < 1.29 is 0 Å². The molecule has 0 bridgehead atoms. The zero-order valence-corrected chi connectivity index (χ0v) is 14.7. The van der Waals surface area contributed by atoms with Gasteiger partial charge < -0.3 is 9.80 Å². The second-order valence-corrected chi connectivity index (χ2v) is 7.38. The maximum atomic E-state index is 9.36. The highest BCUT2D eigenvalue weighted by Gasteiger charge is 2.24. The molecule has 0 aromatic rings. The summed E-state index contributed by atoms with van der Waals surface area (Å²) in [5.74, 6) is 0.759. The molecule has 1 aliphatic heterocycles. The summed E-state index contributed by atoms with van der Waals surface area (Å²) >= 11 is 0. The van der Waals surface area contributed by atoms with Gasteiger partial charge >= 0.3 is 0 Å². The molecule has 1 heterocycles. The second-order valence-electron chi connectivity index (χ2n) is 7.38. The highest BCUT2D eigenvalue weighted by Crippen LogP contribution is 2.14. The average Bonchev–Trinajstić information content (AvgIpc) is 2.39. The van der Waals surface area contributed by atoms with E-state index < -0.39 is 0 Å². The van der Waals surface area contributed by atoms with Crippen LogP contribution in [0.3, 0.4) is 0 Å². The van der Waals surface area contributed by atoms with Crippen molar-refractivity contribution in [3.05, 3.63) is 0 Å². The van der Waals surface area contributed by atoms with Gasteiger partial charge in [-0.1, -0.05) is 13.8 Å². The quantitative estimate of drug-likeness (QED) is 0.746. The third kappa shape index (κ3) is 7.26. The minimum Gasteiger partial charge on any atom is -0.301 e. The molecule has 1 fully saturated rings. The summed E-state index contributed by atoms with van der Waals surface area (Å²) in [5, 5.41) is 12.7. The predicted octanol–water partition coefficient (Wildman–Crippen LogP) is 2.32. The molecular weight excluding hydrogens is 260 g/mol. The molecule has 4 nitrogen and oxygen atoms in total. The standard InChI is InChI=1S/C17H34N4/c1-15(2)13-21-11-9-20(10-12-21)8-6-7-17(5,14-18)19-16(3)4/h15-16,19H,6-13H2,1-5H3. The van der Waals surface area contributed by atoms with Gasteiger partial charge in [-0.15, -0.1) is 0 Å². The van der Waals surface area contributed by atoms with Crippen molar-refractivity contribution in [3.8, 4) is 6.07 Å². The van der Waals surface area contributed by atoms with Crippen LogP contribution in [0.5, 0.6) is 0 Å². The van der Waals surface area contributed by atoms with E-state index in [1.54, 1.807) is 0 Å². The van der Waals surface area contributed by atoms with Crippen LogP contribution in [0, 0.1) is 17.2 Å². The van der Waals surface area contributed by atoms with Crippen molar-refractivity contribution in [2.24, 2.45) is 5.92 Å². The summed E-state index contributed by atoms with van der Waals surface area (Å²) in [7, 11) is 0. The molecule has 122 valence electrons. The zero-order valence-electron chi connectivity index (χ0n) is 14.7. The van der Waals surface area contributed by atoms with E-state index in [-0.39, 0.29) is 5.54 Å². The normalized spacial score (nSPS) is 20.7. The number of nitrogens with one attached hydrogen (secondary N) is 1. The van der Waals surface area contributed by atoms with Crippen molar-refractivity contribution in [2.75, 3.05) is 39.3 Å². The Balaban J connectivity index is 2.23. The highest BCUT2D eigenvalue weighted by molar-refractivity contribution is 5.04. The van der Waals surface area contributed by atoms with Crippen LogP contribution in [0.2, 0.25) is 0 Å². The molecular formula is C17H34N4. The lowest BCUT2D eigenvalue weighted by Gasteiger charge is -2.36. The number of piperazine rings is 1. The fourth-order valence-corrected chi connectivity index (χ4v) is 3.17. The van der Waals surface area contributed by atoms with Crippen LogP contribution in [0.4, 0.5) is 0 Å². The molecule has 1 unspecified atom stereocenters. The first-order valence-electron chi connectivity index (χ1n) is 8.48. The van der Waals surface area contributed by atoms with Gasteiger partial charge in [0.05, 0.1) is 6.07 Å². The molecule has 0 aromatic heterocycles. The molecule has 0 aliphatic carbocycles. The van der Waals surface area contributed by atoms with Crippen LogP contribution >= 0.6 is 0 Å². The van der Waals surface area contributed by atoms with Gasteiger partial charge in [0.1, 0.15) is 5.54 Å². The van der Waals surface area contributed by atoms with Gasteiger partial charge in [0, 0.05) is 38.8 Å². The molecule has 1 atom stereocenters. The minimum atomic E-state index is -0.381. The topological polar surface area (TPSA) is 42.3 Å². The lowest BCUT2D eigenvalue weighted by molar-refractivity contribution is 0.119. The number of hydrogen-bond donors (Lipinski definition) is 1. The SMILES string of the molecule is CC(C)CN1CCN(CCCC(C)(C#N)NC(C)C)CC1. The first kappa shape index (κ1) is 18.4. The second kappa shape index (κ2) is 8.73. The molecule has 0 saturated carbocycles. The number of rotatable bonds is 8. The fourth-order valence-electron chi connectivity index (χ4n) is 3.17. The molecule has 1 rings (SSSR count). The third-order valence-electron chi connectivity index (χ3n) is 4.09. The lowest BCUT2D eigenvalue weighted by atomic mass is 9.96. The summed E-state index contributed by atoms with van der Waals surface area (Å²) in [5.41, 5.74) is -0.381. The van der Waals surface area contributed by atoms with Crippen LogP contribution in [0.15, 0.2) is 0 Å². The van der Waals surface area contributed by atoms with Gasteiger partial charge in [-0.3, -0.25) is 5.32 Å². The van der Waals surface area contributed by atoms with E-state index in [0.29, 0.717) is 6.04 Å². The molecule has 1 N–H and O–H groups in total. The molecule has 0 aromatic carbocycles. The van der Waals surface area contributed by atoms with Gasteiger partial charge in [-0.05, 0) is 46.1 Å². The number of nitrogens with zero attached hydrogens (tertiary/aromatic N) is 3. The van der Waals surface area contributed by atoms with Crippen LogP contribution in [0.1, 0.15) is 47.5 Å². The Bertz CT molecular complexity index is 326. The molecule has 4 heteroatoms. The van der Waals surface area contributed by atoms with Crippen molar-refractivity contribution in [1.82, 2.24) is 15.1 Å². The smallest absolute Gasteiger partial charge is 0.104 e. The Morgan fingerprint density at radius 2 is 1.67 bits per heavy atom. The van der Waals surface area contributed by atoms with Crippen molar-refractivity contribution >= 4 is 0 Å². The maximum Gasteiger partial charge on any atom is 0.104 e. The summed E-state index contributed by atoms with van der Waals surface area (Å²) in [6, 6.07) is 2.79. The van der Waals surface area contributed by atoms with Crippen molar-refractivity contribution in [1.29, 1.82) is 5.26 Å². The largest absolute Gasteiger partial charge is 0.301 e. The van der Waals surface area contributed by atoms with Crippen LogP contribution in [-0.2, 0) is 0 Å². The van der Waals surface area contributed by atoms with E-state index >= 15 is 0 Å². The van der Waals surface area contributed by atoms with Gasteiger partial charge in [-0.25, -0.2) is 0 Å². The Morgan fingerprint density at radius 3 is 2.14 bits per heavy atom. The van der Waals surface area contributed by atoms with Crippen LogP contribution in [-0.4, -0.2) is 60.6 Å². The fraction of sp³-hybridized carbons (Fsp3) is 0.941. The molecule has 1 aliphatic rings. The van der Waals surface area contributed by atoms with E-state index in [1.165, 1.54) is 32.7 Å². The highest BCUT2D eigenvalue weighted by atomic mass is 15.3. The molecule has 21 heavy (non-hydrogen) atoms. The van der Waals surface area contributed by atoms with Gasteiger partial charge in [0.15, 0.2) is 0 Å². The monoisotopic (exact) mass is 294 g/mol. The zero-order chi connectivity index (χ0) is 15.9. The van der Waals surface area contributed by atoms with Crippen LogP contribution in [0.25, 0.3) is 0 Å². The molecule has 0 radical (unpaired) electrons. The van der Waals surface area contributed by atoms with Gasteiger partial charge in [0.2, 0.25) is 0 Å². The van der Waals surface area contributed by atoms with E-state index in [9.17, 15) is 5.26 Å². The Kier molecular flexibility index (Phi) is 7.65. The molecule has 1 saturated heterocycles. The summed E-state index contributed by atoms with van der Waals surface area (Å²) in [6.07, 6.45) is 2.02. The predicted molar refractivity (Wildman–Crippen MR) is 89.2 cm³/mol. The number of nitriles is 1. The lowest BCUT2D eigenvalue weighted by Crippen LogP contribution is -2.48. The first-order valence-corrected chi connectivity index (χ1v) is 8.48. The summed E-state index contributed by atoms with van der Waals surface area (Å²) in [4.78, 5) is 5.12. The third-order valence-corrected chi connectivity index (χ3v) is 4.09. The Morgan fingerprint density at radius 1 is 1.10 bits per heavy atom. The van der Waals surface area contributed by atoms with Crippen molar-refractivity contribution in [2.45, 2.75) is 59.0 Å². The summed E-state index contributed by atoms with van der Waals surface area (Å²) in [6.45, 7) is 17.9. The Labute approximate surface area is 131 Å². The number of hydrogen-bond acceptors (Lipinski definition) is 4. The molecule has 0 spiro atoms. The van der Waals surface area contributed by atoms with Crippen molar-refractivity contribution in [3.63, 3.8) is 0 Å². The van der Waals surface area contributed by atoms with E-state index in [4.69, 9.17) is 0 Å². The van der Waals surface area contributed by atoms with Gasteiger partial charge in [0.25, 0.3) is 0 Å². The van der Waals surface area contributed by atoms with E-state index in [2.05, 4.69) is 48.9 Å². The first-order chi connectivity index (χ1) is 9.84.